The monoisotopic (exact) mass is 346 g/mol. The molecular weight excluding hydrogens is 320 g/mol. The molecule has 1 N–H and O–H groups in total. The highest BCUT2D eigenvalue weighted by Crippen LogP contribution is 2.42. The zero-order valence-electron chi connectivity index (χ0n) is 14.9. The molecule has 1 saturated carbocycles. The van der Waals surface area contributed by atoms with Crippen molar-refractivity contribution in [2.75, 3.05) is 6.61 Å². The molecule has 0 spiro atoms. The first-order chi connectivity index (χ1) is 11.3. The van der Waals surface area contributed by atoms with Crippen LogP contribution in [0.5, 0.6) is 0 Å². The summed E-state index contributed by atoms with van der Waals surface area (Å²) in [5.41, 5.74) is 2.11. The van der Waals surface area contributed by atoms with Gasteiger partial charge in [-0.15, -0.1) is 0 Å². The van der Waals surface area contributed by atoms with Crippen LogP contribution < -0.4 is 5.56 Å². The minimum absolute atomic E-state index is 0.0406. The molecule has 1 fully saturated rings. The first-order valence-corrected chi connectivity index (χ1v) is 12.3. The number of carbonyl (C=O) groups excluding carboxylic acids is 1. The van der Waals surface area contributed by atoms with E-state index in [1.54, 1.807) is 4.57 Å². The summed E-state index contributed by atoms with van der Waals surface area (Å²) < 4.78 is 7.56. The fourth-order valence-corrected chi connectivity index (χ4v) is 3.75. The smallest absolute Gasteiger partial charge is 0.272 e. The van der Waals surface area contributed by atoms with Gasteiger partial charge < -0.3 is 14.3 Å². The third-order valence-corrected chi connectivity index (χ3v) is 6.28. The van der Waals surface area contributed by atoms with E-state index in [0.717, 1.165) is 29.8 Å². The number of hydrogen-bond donors (Lipinski definition) is 1. The molecule has 3 rings (SSSR count). The summed E-state index contributed by atoms with van der Waals surface area (Å²) >= 11 is 0. The van der Waals surface area contributed by atoms with Crippen LogP contribution in [0.3, 0.4) is 0 Å². The maximum atomic E-state index is 12.4. The lowest BCUT2D eigenvalue weighted by Crippen LogP contribution is -2.22. The van der Waals surface area contributed by atoms with Crippen molar-refractivity contribution in [1.82, 2.24) is 9.55 Å². The van der Waals surface area contributed by atoms with Gasteiger partial charge in [0, 0.05) is 33.2 Å². The van der Waals surface area contributed by atoms with Gasteiger partial charge in [-0.2, -0.15) is 0 Å². The second kappa shape index (κ2) is 6.33. The van der Waals surface area contributed by atoms with Gasteiger partial charge in [0.05, 0.1) is 5.69 Å². The number of aromatic nitrogens is 2. The highest BCUT2D eigenvalue weighted by atomic mass is 28.3. The van der Waals surface area contributed by atoms with Crippen molar-refractivity contribution in [3.63, 3.8) is 0 Å². The van der Waals surface area contributed by atoms with Gasteiger partial charge >= 0.3 is 0 Å². The summed E-state index contributed by atoms with van der Waals surface area (Å²) in [6.07, 6.45) is 4.10. The normalized spacial score (nSPS) is 15.2. The summed E-state index contributed by atoms with van der Waals surface area (Å²) in [6, 6.07) is 2.92. The van der Waals surface area contributed by atoms with Crippen molar-refractivity contribution < 1.29 is 9.53 Å². The first-order valence-electron chi connectivity index (χ1n) is 8.61. The van der Waals surface area contributed by atoms with Gasteiger partial charge in [0.2, 0.25) is 0 Å². The number of pyridine rings is 1. The Morgan fingerprint density at radius 3 is 2.67 bits per heavy atom. The number of nitrogens with zero attached hydrogens (tertiary/aromatic N) is 1. The van der Waals surface area contributed by atoms with Crippen LogP contribution in [-0.4, -0.2) is 30.0 Å². The second-order valence-electron chi connectivity index (χ2n) is 7.97. The van der Waals surface area contributed by atoms with Crippen molar-refractivity contribution in [3.05, 3.63) is 33.9 Å². The van der Waals surface area contributed by atoms with Crippen LogP contribution in [0.1, 0.15) is 41.7 Å². The van der Waals surface area contributed by atoms with Crippen LogP contribution in [0, 0.1) is 0 Å². The SMILES string of the molecule is CC(=O)c1cc2c(C3CC3)c[nH]c(=O)c2n1COCC[Si](C)(C)C. The number of H-pyrrole nitrogens is 1. The van der Waals surface area contributed by atoms with E-state index < -0.39 is 8.07 Å². The zero-order chi connectivity index (χ0) is 17.5. The number of rotatable bonds is 7. The second-order valence-corrected chi connectivity index (χ2v) is 13.6. The third kappa shape index (κ3) is 3.54. The van der Waals surface area contributed by atoms with Crippen LogP contribution in [0.25, 0.3) is 10.9 Å². The Labute approximate surface area is 143 Å². The Bertz CT molecular complexity index is 825. The van der Waals surface area contributed by atoms with E-state index in [0.29, 0.717) is 23.7 Å². The van der Waals surface area contributed by atoms with E-state index in [-0.39, 0.29) is 18.1 Å². The van der Waals surface area contributed by atoms with Crippen LogP contribution >= 0.6 is 0 Å². The third-order valence-electron chi connectivity index (χ3n) is 4.58. The number of Topliss-reactive ketones (excluding diaryl/α,β-unsaturated/α-hetero) is 1. The van der Waals surface area contributed by atoms with Gasteiger partial charge in [-0.25, -0.2) is 0 Å². The minimum Gasteiger partial charge on any atom is -0.361 e. The highest BCUT2D eigenvalue weighted by molar-refractivity contribution is 6.76. The molecule has 0 bridgehead atoms. The zero-order valence-corrected chi connectivity index (χ0v) is 15.9. The van der Waals surface area contributed by atoms with E-state index in [1.807, 2.05) is 12.3 Å². The molecule has 1 aliphatic rings. The molecule has 1 aliphatic carbocycles. The molecule has 2 heterocycles. The van der Waals surface area contributed by atoms with Gasteiger partial charge in [-0.05, 0) is 36.4 Å². The van der Waals surface area contributed by atoms with Crippen molar-refractivity contribution in [2.45, 2.75) is 58.1 Å². The maximum Gasteiger partial charge on any atom is 0.272 e. The van der Waals surface area contributed by atoms with E-state index in [9.17, 15) is 9.59 Å². The molecule has 0 saturated heterocycles. The van der Waals surface area contributed by atoms with Crippen LogP contribution in [0.15, 0.2) is 17.1 Å². The van der Waals surface area contributed by atoms with Gasteiger partial charge in [0.25, 0.3) is 5.56 Å². The molecule has 0 aliphatic heterocycles. The van der Waals surface area contributed by atoms with E-state index >= 15 is 0 Å². The van der Waals surface area contributed by atoms with E-state index in [2.05, 4.69) is 24.6 Å². The van der Waals surface area contributed by atoms with Gasteiger partial charge in [0.15, 0.2) is 5.78 Å². The molecule has 130 valence electrons. The van der Waals surface area contributed by atoms with Crippen LogP contribution in [0.4, 0.5) is 0 Å². The predicted molar refractivity (Wildman–Crippen MR) is 98.6 cm³/mol. The highest BCUT2D eigenvalue weighted by Gasteiger charge is 2.28. The number of hydrogen-bond acceptors (Lipinski definition) is 3. The summed E-state index contributed by atoms with van der Waals surface area (Å²) in [6.45, 7) is 9.35. The molecule has 2 aromatic heterocycles. The number of aromatic amines is 1. The lowest BCUT2D eigenvalue weighted by Gasteiger charge is -2.16. The summed E-state index contributed by atoms with van der Waals surface area (Å²) in [4.78, 5) is 27.3. The molecular formula is C18H26N2O3Si. The van der Waals surface area contributed by atoms with Crippen molar-refractivity contribution in [1.29, 1.82) is 0 Å². The average Bonchev–Trinajstić information content (AvgIpc) is 3.23. The van der Waals surface area contributed by atoms with E-state index in [4.69, 9.17) is 4.74 Å². The Hall–Kier alpha value is -1.66. The van der Waals surface area contributed by atoms with Gasteiger partial charge in [0.1, 0.15) is 12.2 Å². The predicted octanol–water partition coefficient (Wildman–Crippen LogP) is 3.72. The van der Waals surface area contributed by atoms with Crippen molar-refractivity contribution in [2.24, 2.45) is 0 Å². The molecule has 0 amide bonds. The Balaban J connectivity index is 1.95. The van der Waals surface area contributed by atoms with Gasteiger partial charge in [-0.3, -0.25) is 9.59 Å². The van der Waals surface area contributed by atoms with Crippen LogP contribution in [-0.2, 0) is 11.5 Å². The minimum atomic E-state index is -1.16. The number of ether oxygens (including phenoxy) is 1. The molecule has 2 aromatic rings. The number of ketones is 1. The Morgan fingerprint density at radius 1 is 1.38 bits per heavy atom. The summed E-state index contributed by atoms with van der Waals surface area (Å²) in [5.74, 6) is 0.467. The lowest BCUT2D eigenvalue weighted by molar-refractivity contribution is 0.0834. The molecule has 0 aromatic carbocycles. The molecule has 5 nitrogen and oxygen atoms in total. The molecule has 0 radical (unpaired) electrons. The number of fused-ring (bicyclic) bond motifs is 1. The topological polar surface area (TPSA) is 64.1 Å². The molecule has 24 heavy (non-hydrogen) atoms. The Morgan fingerprint density at radius 2 is 2.08 bits per heavy atom. The van der Waals surface area contributed by atoms with E-state index in [1.165, 1.54) is 6.92 Å². The fraction of sp³-hybridized carbons (Fsp3) is 0.556. The Kier molecular flexibility index (Phi) is 4.53. The number of carbonyl (C=O) groups is 1. The van der Waals surface area contributed by atoms with Crippen LogP contribution in [0.2, 0.25) is 25.7 Å². The molecule has 0 atom stereocenters. The molecule has 0 unspecified atom stereocenters. The van der Waals surface area contributed by atoms with Crippen molar-refractivity contribution in [3.8, 4) is 0 Å². The number of nitrogens with one attached hydrogen (secondary N) is 1. The van der Waals surface area contributed by atoms with Gasteiger partial charge in [-0.1, -0.05) is 19.6 Å². The summed E-state index contributed by atoms with van der Waals surface area (Å²) in [5, 5.41) is 0.903. The lowest BCUT2D eigenvalue weighted by atomic mass is 10.1. The average molecular weight is 347 g/mol. The quantitative estimate of drug-likeness (QED) is 0.472. The fourth-order valence-electron chi connectivity index (χ4n) is 3.00. The van der Waals surface area contributed by atoms with Crippen molar-refractivity contribution >= 4 is 24.8 Å². The largest absolute Gasteiger partial charge is 0.361 e. The standard InChI is InChI=1S/C18H26N2O3Si/c1-12(21)16-9-14-15(13-5-6-13)10-19-18(22)17(14)20(16)11-23-7-8-24(2,3)4/h9-10,13H,5-8,11H2,1-4H3,(H,19,22). The summed E-state index contributed by atoms with van der Waals surface area (Å²) in [7, 11) is -1.16. The maximum absolute atomic E-state index is 12.4. The molecule has 6 heteroatoms. The first kappa shape index (κ1) is 17.2.